The number of methoxy groups -OCH3 is 1. The summed E-state index contributed by atoms with van der Waals surface area (Å²) in [7, 11) is 1.64. The SMILES string of the molecule is CC[C@H](NC(=O)NCc1nnc2n1CCC2)c1ccccc1OC. The fourth-order valence-corrected chi connectivity index (χ4v) is 3.06. The van der Waals surface area contributed by atoms with Gasteiger partial charge < -0.3 is 19.9 Å². The minimum Gasteiger partial charge on any atom is -0.496 e. The normalized spacial score (nSPS) is 14.1. The summed E-state index contributed by atoms with van der Waals surface area (Å²) in [6, 6.07) is 7.41. The number of nitrogens with zero attached hydrogens (tertiary/aromatic N) is 3. The van der Waals surface area contributed by atoms with Gasteiger partial charge in [-0.05, 0) is 18.9 Å². The molecule has 1 aromatic heterocycles. The molecular formula is C17H23N5O2. The van der Waals surface area contributed by atoms with E-state index in [1.54, 1.807) is 7.11 Å². The second-order valence-corrected chi connectivity index (χ2v) is 5.82. The fourth-order valence-electron chi connectivity index (χ4n) is 3.06. The molecule has 0 spiro atoms. The molecule has 2 aromatic rings. The fraction of sp³-hybridized carbons (Fsp3) is 0.471. The molecule has 0 saturated heterocycles. The molecule has 0 unspecified atom stereocenters. The molecule has 1 aliphatic rings. The van der Waals surface area contributed by atoms with E-state index in [0.717, 1.165) is 48.8 Å². The molecule has 128 valence electrons. The van der Waals surface area contributed by atoms with E-state index in [0.29, 0.717) is 6.54 Å². The van der Waals surface area contributed by atoms with Gasteiger partial charge in [0.2, 0.25) is 0 Å². The number of nitrogens with one attached hydrogen (secondary N) is 2. The summed E-state index contributed by atoms with van der Waals surface area (Å²) in [5.74, 6) is 2.59. The Morgan fingerprint density at radius 3 is 3.00 bits per heavy atom. The van der Waals surface area contributed by atoms with Gasteiger partial charge in [-0.25, -0.2) is 4.79 Å². The molecule has 2 amide bonds. The molecule has 1 aliphatic heterocycles. The van der Waals surface area contributed by atoms with Crippen LogP contribution < -0.4 is 15.4 Å². The van der Waals surface area contributed by atoms with E-state index < -0.39 is 0 Å². The number of urea groups is 1. The zero-order valence-electron chi connectivity index (χ0n) is 14.1. The van der Waals surface area contributed by atoms with Gasteiger partial charge in [-0.3, -0.25) is 0 Å². The quantitative estimate of drug-likeness (QED) is 0.851. The molecular weight excluding hydrogens is 306 g/mol. The van der Waals surface area contributed by atoms with Crippen LogP contribution in [0.3, 0.4) is 0 Å². The lowest BCUT2D eigenvalue weighted by atomic mass is 10.0. The van der Waals surface area contributed by atoms with Crippen molar-refractivity contribution in [3.05, 3.63) is 41.5 Å². The number of para-hydroxylation sites is 1. The number of benzene rings is 1. The largest absolute Gasteiger partial charge is 0.496 e. The van der Waals surface area contributed by atoms with Crippen LogP contribution in [0.5, 0.6) is 5.75 Å². The number of rotatable bonds is 6. The van der Waals surface area contributed by atoms with Crippen LogP contribution in [0.15, 0.2) is 24.3 Å². The van der Waals surface area contributed by atoms with E-state index in [1.165, 1.54) is 0 Å². The number of carbonyl (C=O) groups excluding carboxylic acids is 1. The summed E-state index contributed by atoms with van der Waals surface area (Å²) in [6.45, 7) is 3.34. The van der Waals surface area contributed by atoms with Gasteiger partial charge in [0.1, 0.15) is 11.6 Å². The standard InChI is InChI=1S/C17H23N5O2/c1-3-13(12-7-4-5-8-14(12)24-2)19-17(23)18-11-16-21-20-15-9-6-10-22(15)16/h4-5,7-8,13H,3,6,9-11H2,1-2H3,(H2,18,19,23)/t13-/m0/s1. The van der Waals surface area contributed by atoms with Crippen LogP contribution >= 0.6 is 0 Å². The van der Waals surface area contributed by atoms with Crippen molar-refractivity contribution < 1.29 is 9.53 Å². The summed E-state index contributed by atoms with van der Waals surface area (Å²) in [6.07, 6.45) is 2.83. The molecule has 0 fully saturated rings. The third-order valence-corrected chi connectivity index (χ3v) is 4.32. The van der Waals surface area contributed by atoms with Crippen molar-refractivity contribution >= 4 is 6.03 Å². The third-order valence-electron chi connectivity index (χ3n) is 4.32. The minimum atomic E-state index is -0.219. The molecule has 2 N–H and O–H groups in total. The maximum absolute atomic E-state index is 12.3. The van der Waals surface area contributed by atoms with Gasteiger partial charge in [-0.15, -0.1) is 10.2 Å². The first-order chi connectivity index (χ1) is 11.7. The second kappa shape index (κ2) is 7.33. The monoisotopic (exact) mass is 329 g/mol. The van der Waals surface area contributed by atoms with Crippen LogP contribution in [0, 0.1) is 0 Å². The number of ether oxygens (including phenoxy) is 1. The van der Waals surface area contributed by atoms with Crippen molar-refractivity contribution in [2.45, 2.75) is 45.3 Å². The molecule has 24 heavy (non-hydrogen) atoms. The number of fused-ring (bicyclic) bond motifs is 1. The summed E-state index contributed by atoms with van der Waals surface area (Å²) in [4.78, 5) is 12.3. The van der Waals surface area contributed by atoms with Crippen molar-refractivity contribution in [3.63, 3.8) is 0 Å². The highest BCUT2D eigenvalue weighted by molar-refractivity contribution is 5.74. The van der Waals surface area contributed by atoms with E-state index in [-0.39, 0.29) is 12.1 Å². The highest BCUT2D eigenvalue weighted by Crippen LogP contribution is 2.26. The van der Waals surface area contributed by atoms with E-state index in [2.05, 4.69) is 25.4 Å². The van der Waals surface area contributed by atoms with Gasteiger partial charge in [-0.1, -0.05) is 25.1 Å². The summed E-state index contributed by atoms with van der Waals surface area (Å²) < 4.78 is 7.47. The van der Waals surface area contributed by atoms with Crippen molar-refractivity contribution in [2.75, 3.05) is 7.11 Å². The number of carbonyl (C=O) groups is 1. The van der Waals surface area contributed by atoms with Gasteiger partial charge in [0, 0.05) is 18.5 Å². The van der Waals surface area contributed by atoms with E-state index in [4.69, 9.17) is 4.74 Å². The maximum Gasteiger partial charge on any atom is 0.315 e. The highest BCUT2D eigenvalue weighted by atomic mass is 16.5. The third kappa shape index (κ3) is 3.34. The lowest BCUT2D eigenvalue weighted by Gasteiger charge is -2.20. The Kier molecular flexibility index (Phi) is 4.98. The molecule has 0 bridgehead atoms. The average Bonchev–Trinajstić information content (AvgIpc) is 3.22. The summed E-state index contributed by atoms with van der Waals surface area (Å²) in [5.41, 5.74) is 0.973. The Morgan fingerprint density at radius 1 is 1.38 bits per heavy atom. The van der Waals surface area contributed by atoms with Crippen molar-refractivity contribution in [3.8, 4) is 5.75 Å². The van der Waals surface area contributed by atoms with Gasteiger partial charge in [0.25, 0.3) is 0 Å². The van der Waals surface area contributed by atoms with Gasteiger partial charge >= 0.3 is 6.03 Å². The molecule has 3 rings (SSSR count). The first-order valence-corrected chi connectivity index (χ1v) is 8.31. The Balaban J connectivity index is 1.60. The number of hydrogen-bond acceptors (Lipinski definition) is 4. The molecule has 0 radical (unpaired) electrons. The zero-order chi connectivity index (χ0) is 16.9. The summed E-state index contributed by atoms with van der Waals surface area (Å²) in [5, 5.41) is 14.2. The molecule has 1 atom stereocenters. The van der Waals surface area contributed by atoms with Crippen molar-refractivity contribution in [2.24, 2.45) is 0 Å². The van der Waals surface area contributed by atoms with Crippen LogP contribution in [0.25, 0.3) is 0 Å². The van der Waals surface area contributed by atoms with Crippen molar-refractivity contribution in [1.82, 2.24) is 25.4 Å². The minimum absolute atomic E-state index is 0.106. The first-order valence-electron chi connectivity index (χ1n) is 8.31. The van der Waals surface area contributed by atoms with Gasteiger partial charge in [0.15, 0.2) is 5.82 Å². The van der Waals surface area contributed by atoms with E-state index in [1.807, 2.05) is 31.2 Å². The van der Waals surface area contributed by atoms with Gasteiger partial charge in [0.05, 0.1) is 19.7 Å². The van der Waals surface area contributed by atoms with Crippen LogP contribution in [-0.4, -0.2) is 27.9 Å². The second-order valence-electron chi connectivity index (χ2n) is 5.82. The van der Waals surface area contributed by atoms with Crippen LogP contribution in [0.2, 0.25) is 0 Å². The van der Waals surface area contributed by atoms with E-state index in [9.17, 15) is 4.79 Å². The van der Waals surface area contributed by atoms with Crippen molar-refractivity contribution in [1.29, 1.82) is 0 Å². The van der Waals surface area contributed by atoms with Crippen LogP contribution in [-0.2, 0) is 19.5 Å². The Morgan fingerprint density at radius 2 is 2.21 bits per heavy atom. The lowest BCUT2D eigenvalue weighted by molar-refractivity contribution is 0.235. The molecule has 2 heterocycles. The zero-order valence-corrected chi connectivity index (χ0v) is 14.1. The number of aromatic nitrogens is 3. The van der Waals surface area contributed by atoms with Crippen LogP contribution in [0.1, 0.15) is 43.0 Å². The molecule has 7 heteroatoms. The smallest absolute Gasteiger partial charge is 0.315 e. The lowest BCUT2D eigenvalue weighted by Crippen LogP contribution is -2.38. The van der Waals surface area contributed by atoms with Gasteiger partial charge in [-0.2, -0.15) is 0 Å². The Labute approximate surface area is 141 Å². The maximum atomic E-state index is 12.3. The highest BCUT2D eigenvalue weighted by Gasteiger charge is 2.19. The Hall–Kier alpha value is -2.57. The predicted octanol–water partition coefficient (Wildman–Crippen LogP) is 2.18. The number of amides is 2. The summed E-state index contributed by atoms with van der Waals surface area (Å²) >= 11 is 0. The average molecular weight is 329 g/mol. The number of aryl methyl sites for hydroxylation is 1. The first kappa shape index (κ1) is 16.3. The van der Waals surface area contributed by atoms with E-state index >= 15 is 0 Å². The Bertz CT molecular complexity index is 713. The predicted molar refractivity (Wildman–Crippen MR) is 89.7 cm³/mol. The molecule has 0 saturated carbocycles. The molecule has 1 aromatic carbocycles. The number of hydrogen-bond donors (Lipinski definition) is 2. The van der Waals surface area contributed by atoms with Crippen LogP contribution in [0.4, 0.5) is 4.79 Å². The topological polar surface area (TPSA) is 81.1 Å². The molecule has 7 nitrogen and oxygen atoms in total. The molecule has 0 aliphatic carbocycles.